The van der Waals surface area contributed by atoms with Crippen LogP contribution < -0.4 is 0 Å². The monoisotopic (exact) mass is 949 g/mol. The van der Waals surface area contributed by atoms with Crippen molar-refractivity contribution in [3.8, 4) is 0 Å². The lowest BCUT2D eigenvalue weighted by molar-refractivity contribution is -0.147. The van der Waals surface area contributed by atoms with Crippen LogP contribution in [0.15, 0.2) is 0 Å². The second-order valence-corrected chi connectivity index (χ2v) is 16.5. The van der Waals surface area contributed by atoms with Gasteiger partial charge in [0.25, 0.3) is 0 Å². The highest BCUT2D eigenvalue weighted by molar-refractivity contribution is 5.70. The van der Waals surface area contributed by atoms with Crippen molar-refractivity contribution in [3.63, 3.8) is 0 Å². The third-order valence-corrected chi connectivity index (χ3v) is 10.1. The van der Waals surface area contributed by atoms with Gasteiger partial charge in [0.1, 0.15) is 26.4 Å². The van der Waals surface area contributed by atoms with Gasteiger partial charge in [-0.15, -0.1) is 0 Å². The van der Waals surface area contributed by atoms with Gasteiger partial charge in [0.15, 0.2) is 0 Å². The molecule has 14 nitrogen and oxygen atoms in total. The third kappa shape index (κ3) is 65.5. The van der Waals surface area contributed by atoms with Crippen LogP contribution in [0.2, 0.25) is 0 Å². The Morgan fingerprint density at radius 3 is 0.636 bits per heavy atom. The Bertz CT molecular complexity index is 905. The zero-order chi connectivity index (χ0) is 49.2. The van der Waals surface area contributed by atoms with Gasteiger partial charge >= 0.3 is 29.8 Å². The first-order valence-electron chi connectivity index (χ1n) is 26.3. The third-order valence-electron chi connectivity index (χ3n) is 10.1. The number of ether oxygens (including phenoxy) is 8. The lowest BCUT2D eigenvalue weighted by Gasteiger charge is -2.08. The van der Waals surface area contributed by atoms with Crippen LogP contribution in [-0.4, -0.2) is 114 Å². The Morgan fingerprint density at radius 1 is 0.258 bits per heavy atom. The smallest absolute Gasteiger partial charge is 0.305 e. The van der Waals surface area contributed by atoms with E-state index in [-0.39, 0.29) is 50.3 Å². The normalized spacial score (nSPS) is 10.6. The van der Waals surface area contributed by atoms with Crippen molar-refractivity contribution in [2.45, 2.75) is 227 Å². The van der Waals surface area contributed by atoms with Crippen LogP contribution in [0, 0.1) is 0 Å². The van der Waals surface area contributed by atoms with Crippen LogP contribution >= 0.6 is 0 Å². The fraction of sp³-hybridized carbons (Fsp3) is 0.904. The van der Waals surface area contributed by atoms with Crippen LogP contribution in [0.5, 0.6) is 0 Å². The van der Waals surface area contributed by atoms with Gasteiger partial charge in [0.2, 0.25) is 0 Å². The number of carbonyl (C=O) groups excluding carboxylic acids is 4. The van der Waals surface area contributed by atoms with Crippen molar-refractivity contribution >= 4 is 29.8 Å². The molecule has 0 aromatic rings. The molecule has 0 saturated heterocycles. The molecule has 1 N–H and O–H groups in total. The van der Waals surface area contributed by atoms with E-state index in [1.54, 1.807) is 0 Å². The number of hydrogen-bond acceptors (Lipinski definition) is 13. The Labute approximate surface area is 402 Å². The van der Waals surface area contributed by atoms with E-state index in [1.807, 2.05) is 0 Å². The molecule has 392 valence electrons. The van der Waals surface area contributed by atoms with E-state index in [9.17, 15) is 24.0 Å². The van der Waals surface area contributed by atoms with Crippen molar-refractivity contribution in [1.82, 2.24) is 0 Å². The average Bonchev–Trinajstić information content (AvgIpc) is 3.30. The van der Waals surface area contributed by atoms with Crippen LogP contribution in [0.25, 0.3) is 0 Å². The van der Waals surface area contributed by atoms with Crippen LogP contribution in [-0.2, 0) is 61.9 Å². The number of hydrogen-bond donors (Lipinski definition) is 1. The predicted molar refractivity (Wildman–Crippen MR) is 262 cm³/mol. The first-order valence-corrected chi connectivity index (χ1v) is 26.3. The summed E-state index contributed by atoms with van der Waals surface area (Å²) in [5.74, 6) is -1.27. The van der Waals surface area contributed by atoms with Crippen molar-refractivity contribution in [2.24, 2.45) is 0 Å². The van der Waals surface area contributed by atoms with Crippen LogP contribution in [0.3, 0.4) is 0 Å². The van der Waals surface area contributed by atoms with E-state index in [0.29, 0.717) is 85.0 Å². The molecule has 66 heavy (non-hydrogen) atoms. The zero-order valence-corrected chi connectivity index (χ0v) is 43.0. The number of unbranched alkanes of at least 4 members (excludes halogenated alkanes) is 20. The maximum Gasteiger partial charge on any atom is 0.305 e. The molecule has 0 unspecified atom stereocenters. The minimum atomic E-state index is -0.670. The van der Waals surface area contributed by atoms with Gasteiger partial charge < -0.3 is 43.0 Å². The van der Waals surface area contributed by atoms with E-state index < -0.39 is 5.97 Å². The largest absolute Gasteiger partial charge is 0.481 e. The Balaban J connectivity index is -0.000000997. The Morgan fingerprint density at radius 2 is 0.439 bits per heavy atom. The number of aliphatic carboxylic acids is 1. The number of esters is 4. The minimum absolute atomic E-state index is 0.150. The van der Waals surface area contributed by atoms with E-state index in [0.717, 1.165) is 64.2 Å². The van der Waals surface area contributed by atoms with Gasteiger partial charge in [-0.05, 0) is 32.1 Å². The molecule has 0 aliphatic carbocycles. The van der Waals surface area contributed by atoms with Crippen LogP contribution in [0.4, 0.5) is 0 Å². The molecule has 0 aliphatic heterocycles. The molecule has 0 heterocycles. The maximum atomic E-state index is 11.5. The SMILES string of the molecule is CCCCCCCC(=O)O.CCCCCCCC(=O)OCCOCCOCCOC(=O)CCCCCCC.CCCCCCCC(=O)OCCOCCOCCOC(=O)CCCCCCC. The number of carbonyl (C=O) groups is 5. The standard InChI is InChI=1S/2C22H42O6.C8H16O2/c2*1-3-5-7-9-11-13-21(23)27-19-17-25-15-16-26-18-20-28-22(24)14-12-10-8-6-4-2;1-2-3-4-5-6-7-8(9)10/h2*3-20H2,1-2H3;2-7H2,1H3,(H,9,10). The summed E-state index contributed by atoms with van der Waals surface area (Å²) in [6.07, 6.45) is 30.3. The highest BCUT2D eigenvalue weighted by Crippen LogP contribution is 2.09. The molecule has 0 bridgehead atoms. The molecule has 0 atom stereocenters. The van der Waals surface area contributed by atoms with Gasteiger partial charge in [-0.2, -0.15) is 0 Å². The highest BCUT2D eigenvalue weighted by Gasteiger charge is 2.06. The zero-order valence-electron chi connectivity index (χ0n) is 43.0. The van der Waals surface area contributed by atoms with Gasteiger partial charge in [-0.1, -0.05) is 163 Å². The second kappa shape index (κ2) is 60.2. The minimum Gasteiger partial charge on any atom is -0.481 e. The summed E-state index contributed by atoms with van der Waals surface area (Å²) < 4.78 is 41.8. The first-order chi connectivity index (χ1) is 32.2. The summed E-state index contributed by atoms with van der Waals surface area (Å²) in [7, 11) is 0. The molecule has 14 heteroatoms. The molecule has 0 amide bonds. The molecule has 0 rings (SSSR count). The van der Waals surface area contributed by atoms with Gasteiger partial charge in [-0.3, -0.25) is 24.0 Å². The first kappa shape index (κ1) is 67.5. The van der Waals surface area contributed by atoms with E-state index >= 15 is 0 Å². The topological polar surface area (TPSA) is 179 Å². The summed E-state index contributed by atoms with van der Waals surface area (Å²) in [5, 5.41) is 8.27. The average molecular weight is 949 g/mol. The summed E-state index contributed by atoms with van der Waals surface area (Å²) in [6.45, 7) is 15.2. The molecular weight excluding hydrogens is 849 g/mol. The molecule has 0 aromatic carbocycles. The fourth-order valence-corrected chi connectivity index (χ4v) is 6.16. The highest BCUT2D eigenvalue weighted by atomic mass is 16.6. The van der Waals surface area contributed by atoms with Crippen molar-refractivity contribution in [1.29, 1.82) is 0 Å². The summed E-state index contributed by atoms with van der Waals surface area (Å²) in [6, 6.07) is 0. The molecule has 0 spiro atoms. The lowest BCUT2D eigenvalue weighted by atomic mass is 10.1. The molecule has 0 fully saturated rings. The van der Waals surface area contributed by atoms with Crippen molar-refractivity contribution < 1.29 is 67.0 Å². The summed E-state index contributed by atoms with van der Waals surface area (Å²) in [5.41, 5.74) is 0. The Kier molecular flexibility index (Phi) is 61.5. The number of carboxylic acids is 1. The second-order valence-electron chi connectivity index (χ2n) is 16.5. The Hall–Kier alpha value is -2.81. The number of carboxylic acid groups (broad SMARTS) is 1. The molecule has 0 aromatic heterocycles. The molecule has 0 saturated carbocycles. The molecule has 0 aliphatic rings. The molecule has 0 radical (unpaired) electrons. The van der Waals surface area contributed by atoms with Crippen molar-refractivity contribution in [3.05, 3.63) is 0 Å². The number of rotatable bonds is 48. The fourth-order valence-electron chi connectivity index (χ4n) is 6.16. The molecular formula is C52H100O14. The van der Waals surface area contributed by atoms with Crippen molar-refractivity contribution in [2.75, 3.05) is 79.3 Å². The maximum absolute atomic E-state index is 11.5. The van der Waals surface area contributed by atoms with E-state index in [2.05, 4.69) is 34.6 Å². The summed E-state index contributed by atoms with van der Waals surface area (Å²) >= 11 is 0. The van der Waals surface area contributed by atoms with E-state index in [1.165, 1.54) is 96.3 Å². The quantitative estimate of drug-likeness (QED) is 0.0346. The van der Waals surface area contributed by atoms with Gasteiger partial charge in [-0.25, -0.2) is 0 Å². The lowest BCUT2D eigenvalue weighted by Crippen LogP contribution is -2.15. The predicted octanol–water partition coefficient (Wildman–Crippen LogP) is 12.1. The van der Waals surface area contributed by atoms with Crippen LogP contribution in [0.1, 0.15) is 227 Å². The van der Waals surface area contributed by atoms with E-state index in [4.69, 9.17) is 43.0 Å². The van der Waals surface area contributed by atoms with Gasteiger partial charge in [0.05, 0.1) is 52.9 Å². The van der Waals surface area contributed by atoms with Gasteiger partial charge in [0, 0.05) is 32.1 Å². The summed E-state index contributed by atoms with van der Waals surface area (Å²) in [4.78, 5) is 56.1.